The molecule has 1 aromatic heterocycles. The maximum absolute atomic E-state index is 13.0. The number of hydrogen-bond donors (Lipinski definition) is 2. The lowest BCUT2D eigenvalue weighted by Gasteiger charge is -2.23. The second-order valence-corrected chi connectivity index (χ2v) is 9.13. The summed E-state index contributed by atoms with van der Waals surface area (Å²) in [5.41, 5.74) is 1.32. The molecule has 1 fully saturated rings. The number of hydrogen-bond acceptors (Lipinski definition) is 5. The molecule has 9 heteroatoms. The number of anilines is 1. The summed E-state index contributed by atoms with van der Waals surface area (Å²) in [6.45, 7) is 2.18. The van der Waals surface area contributed by atoms with Crippen molar-refractivity contribution in [2.24, 2.45) is 0 Å². The molecule has 0 spiro atoms. The van der Waals surface area contributed by atoms with E-state index in [9.17, 15) is 18.0 Å². The predicted octanol–water partition coefficient (Wildman–Crippen LogP) is 2.21. The molecule has 7 nitrogen and oxygen atoms in total. The summed E-state index contributed by atoms with van der Waals surface area (Å²) in [5.74, 6) is -0.724. The maximum Gasteiger partial charge on any atom is 0.254 e. The van der Waals surface area contributed by atoms with E-state index in [1.54, 1.807) is 35.7 Å². The largest absolute Gasteiger partial charge is 0.355 e. The minimum absolute atomic E-state index is 0.176. The Morgan fingerprint density at radius 1 is 1.19 bits per heavy atom. The SMILES string of the molecule is CNC(=O)c1ccsc1NC(=O)C1CCCN1S(=O)(=O)c1ccc(C)cc1. The van der Waals surface area contributed by atoms with Crippen LogP contribution >= 0.6 is 11.3 Å². The molecule has 1 saturated heterocycles. The van der Waals surface area contributed by atoms with E-state index in [1.807, 2.05) is 6.92 Å². The molecule has 0 saturated carbocycles. The molecule has 0 aliphatic carbocycles. The van der Waals surface area contributed by atoms with Crippen molar-refractivity contribution < 1.29 is 18.0 Å². The first-order chi connectivity index (χ1) is 12.8. The van der Waals surface area contributed by atoms with Gasteiger partial charge in [-0.25, -0.2) is 8.42 Å². The molecule has 3 rings (SSSR count). The van der Waals surface area contributed by atoms with Gasteiger partial charge in [0.05, 0.1) is 10.5 Å². The van der Waals surface area contributed by atoms with Crippen LogP contribution < -0.4 is 10.6 Å². The average molecular weight is 408 g/mol. The number of rotatable bonds is 5. The number of thiophene rings is 1. The standard InChI is InChI=1S/C18H21N3O4S2/c1-12-5-7-13(8-6-12)27(24,25)21-10-3-4-15(21)17(23)20-18-14(9-11-26-18)16(22)19-2/h5-9,11,15H,3-4,10H2,1-2H3,(H,19,22)(H,20,23). The van der Waals surface area contributed by atoms with Gasteiger partial charge in [0.1, 0.15) is 11.0 Å². The lowest BCUT2D eigenvalue weighted by Crippen LogP contribution is -2.43. The van der Waals surface area contributed by atoms with Gasteiger partial charge in [-0.3, -0.25) is 9.59 Å². The fourth-order valence-electron chi connectivity index (χ4n) is 3.05. The molecular formula is C18H21N3O4S2. The Kier molecular flexibility index (Phi) is 5.64. The number of amides is 2. The summed E-state index contributed by atoms with van der Waals surface area (Å²) in [6, 6.07) is 7.41. The van der Waals surface area contributed by atoms with E-state index in [0.29, 0.717) is 30.0 Å². The molecule has 1 unspecified atom stereocenters. The van der Waals surface area contributed by atoms with Crippen molar-refractivity contribution in [1.29, 1.82) is 0 Å². The third kappa shape index (κ3) is 3.90. The average Bonchev–Trinajstić information content (AvgIpc) is 3.31. The highest BCUT2D eigenvalue weighted by molar-refractivity contribution is 7.89. The number of nitrogens with one attached hydrogen (secondary N) is 2. The van der Waals surface area contributed by atoms with Gasteiger partial charge in [0.2, 0.25) is 15.9 Å². The van der Waals surface area contributed by atoms with E-state index >= 15 is 0 Å². The maximum atomic E-state index is 13.0. The van der Waals surface area contributed by atoms with Gasteiger partial charge in [-0.1, -0.05) is 17.7 Å². The van der Waals surface area contributed by atoms with Gasteiger partial charge < -0.3 is 10.6 Å². The van der Waals surface area contributed by atoms with Gasteiger partial charge in [-0.05, 0) is 43.3 Å². The van der Waals surface area contributed by atoms with E-state index in [1.165, 1.54) is 22.7 Å². The van der Waals surface area contributed by atoms with Crippen molar-refractivity contribution in [3.8, 4) is 0 Å². The Bertz CT molecular complexity index is 951. The molecule has 2 amide bonds. The van der Waals surface area contributed by atoms with Crippen LogP contribution in [0.1, 0.15) is 28.8 Å². The fraction of sp³-hybridized carbons (Fsp3) is 0.333. The highest BCUT2D eigenvalue weighted by Gasteiger charge is 2.39. The first-order valence-corrected chi connectivity index (χ1v) is 10.9. The minimum atomic E-state index is -3.76. The number of carbonyl (C=O) groups excluding carboxylic acids is 2. The van der Waals surface area contributed by atoms with E-state index in [0.717, 1.165) is 5.56 Å². The predicted molar refractivity (Wildman–Crippen MR) is 104 cm³/mol. The second-order valence-electron chi connectivity index (χ2n) is 6.32. The molecule has 2 N–H and O–H groups in total. The Hall–Kier alpha value is -2.23. The number of aryl methyl sites for hydroxylation is 1. The molecule has 27 heavy (non-hydrogen) atoms. The van der Waals surface area contributed by atoms with Gasteiger partial charge in [0.15, 0.2) is 0 Å². The van der Waals surface area contributed by atoms with Gasteiger partial charge in [-0.2, -0.15) is 4.31 Å². The third-order valence-electron chi connectivity index (χ3n) is 4.51. The van der Waals surface area contributed by atoms with E-state index < -0.39 is 22.0 Å². The summed E-state index contributed by atoms with van der Waals surface area (Å²) in [4.78, 5) is 24.8. The normalized spacial score (nSPS) is 17.6. The summed E-state index contributed by atoms with van der Waals surface area (Å²) in [7, 11) is -2.25. The molecule has 1 aliphatic heterocycles. The van der Waals surface area contributed by atoms with Crippen LogP contribution in [0.2, 0.25) is 0 Å². The summed E-state index contributed by atoms with van der Waals surface area (Å²) in [6.07, 6.45) is 1.05. The Labute approximate surface area is 162 Å². The van der Waals surface area contributed by atoms with Crippen molar-refractivity contribution in [2.45, 2.75) is 30.7 Å². The van der Waals surface area contributed by atoms with E-state index in [-0.39, 0.29) is 10.8 Å². The van der Waals surface area contributed by atoms with E-state index in [4.69, 9.17) is 0 Å². The Morgan fingerprint density at radius 2 is 1.89 bits per heavy atom. The molecule has 0 bridgehead atoms. The summed E-state index contributed by atoms with van der Waals surface area (Å²) in [5, 5.41) is 7.36. The van der Waals surface area contributed by atoms with Gasteiger partial charge in [0.25, 0.3) is 5.91 Å². The van der Waals surface area contributed by atoms with Gasteiger partial charge in [-0.15, -0.1) is 11.3 Å². The van der Waals surface area contributed by atoms with Crippen molar-refractivity contribution >= 4 is 38.2 Å². The van der Waals surface area contributed by atoms with Crippen LogP contribution in [0.4, 0.5) is 5.00 Å². The van der Waals surface area contributed by atoms with Gasteiger partial charge >= 0.3 is 0 Å². The zero-order valence-corrected chi connectivity index (χ0v) is 16.7. The first-order valence-electron chi connectivity index (χ1n) is 8.53. The molecule has 144 valence electrons. The van der Waals surface area contributed by atoms with Crippen LogP contribution in [0.3, 0.4) is 0 Å². The van der Waals surface area contributed by atoms with Crippen LogP contribution in [-0.4, -0.2) is 44.2 Å². The molecular weight excluding hydrogens is 386 g/mol. The lowest BCUT2D eigenvalue weighted by molar-refractivity contribution is -0.119. The quantitative estimate of drug-likeness (QED) is 0.794. The van der Waals surface area contributed by atoms with Gasteiger partial charge in [0, 0.05) is 13.6 Å². The van der Waals surface area contributed by atoms with Crippen LogP contribution in [0, 0.1) is 6.92 Å². The number of sulfonamides is 1. The van der Waals surface area contributed by atoms with Crippen LogP contribution in [0.25, 0.3) is 0 Å². The van der Waals surface area contributed by atoms with Crippen LogP contribution in [-0.2, 0) is 14.8 Å². The van der Waals surface area contributed by atoms with Crippen LogP contribution in [0.5, 0.6) is 0 Å². The number of carbonyl (C=O) groups is 2. The summed E-state index contributed by atoms with van der Waals surface area (Å²) < 4.78 is 27.2. The van der Waals surface area contributed by atoms with Crippen molar-refractivity contribution in [3.63, 3.8) is 0 Å². The fourth-order valence-corrected chi connectivity index (χ4v) is 5.49. The zero-order valence-electron chi connectivity index (χ0n) is 15.1. The second kappa shape index (κ2) is 7.79. The van der Waals surface area contributed by atoms with Crippen LogP contribution in [0.15, 0.2) is 40.6 Å². The smallest absolute Gasteiger partial charge is 0.254 e. The highest BCUT2D eigenvalue weighted by Crippen LogP contribution is 2.29. The molecule has 0 radical (unpaired) electrons. The Balaban J connectivity index is 1.82. The number of nitrogens with zero attached hydrogens (tertiary/aromatic N) is 1. The van der Waals surface area contributed by atoms with Crippen molar-refractivity contribution in [3.05, 3.63) is 46.8 Å². The first kappa shape index (κ1) is 19.5. The highest BCUT2D eigenvalue weighted by atomic mass is 32.2. The molecule has 2 heterocycles. The summed E-state index contributed by atoms with van der Waals surface area (Å²) >= 11 is 1.23. The number of benzene rings is 1. The molecule has 1 aromatic carbocycles. The van der Waals surface area contributed by atoms with Crippen molar-refractivity contribution in [1.82, 2.24) is 9.62 Å². The molecule has 1 aliphatic rings. The molecule has 2 aromatic rings. The Morgan fingerprint density at radius 3 is 2.56 bits per heavy atom. The van der Waals surface area contributed by atoms with E-state index in [2.05, 4.69) is 10.6 Å². The third-order valence-corrected chi connectivity index (χ3v) is 7.26. The lowest BCUT2D eigenvalue weighted by atomic mass is 10.2. The minimum Gasteiger partial charge on any atom is -0.355 e. The molecule has 1 atom stereocenters. The zero-order chi connectivity index (χ0) is 19.6. The topological polar surface area (TPSA) is 95.6 Å². The monoisotopic (exact) mass is 407 g/mol. The van der Waals surface area contributed by atoms with Crippen molar-refractivity contribution in [2.75, 3.05) is 18.9 Å².